The second-order valence-corrected chi connectivity index (χ2v) is 13.7. The number of thiophene rings is 1. The maximum absolute atomic E-state index is 2.45. The molecular formula is C48H30S. The molecule has 0 aliphatic heterocycles. The fraction of sp³-hybridized carbons (Fsp3) is 0. The lowest BCUT2D eigenvalue weighted by molar-refractivity contribution is 1.62. The van der Waals surface area contributed by atoms with Crippen LogP contribution in [0.25, 0.3) is 97.7 Å². The van der Waals surface area contributed by atoms with Crippen LogP contribution in [0.15, 0.2) is 181 Å². The lowest BCUT2D eigenvalue weighted by Gasteiger charge is -2.21. The van der Waals surface area contributed by atoms with Gasteiger partial charge in [-0.3, -0.25) is 0 Å². The molecule has 10 aromatic rings. The second-order valence-electron chi connectivity index (χ2n) is 12.8. The van der Waals surface area contributed by atoms with Crippen LogP contribution in [0.4, 0.5) is 0 Å². The zero-order valence-corrected chi connectivity index (χ0v) is 27.5. The van der Waals surface area contributed by atoms with Gasteiger partial charge in [0.2, 0.25) is 0 Å². The monoisotopic (exact) mass is 638 g/mol. The minimum Gasteiger partial charge on any atom is -0.143 e. The Morgan fingerprint density at radius 2 is 0.694 bits per heavy atom. The molecule has 0 bridgehead atoms. The molecule has 0 unspecified atom stereocenters. The molecular weight excluding hydrogens is 609 g/mol. The Morgan fingerprint density at radius 1 is 0.265 bits per heavy atom. The summed E-state index contributed by atoms with van der Waals surface area (Å²) in [4.78, 5) is 0. The predicted octanol–water partition coefficient (Wildman–Crippen LogP) is 14.2. The van der Waals surface area contributed by atoms with Crippen molar-refractivity contribution in [3.63, 3.8) is 0 Å². The molecule has 1 heteroatoms. The van der Waals surface area contributed by atoms with Crippen molar-refractivity contribution >= 4 is 64.5 Å². The highest BCUT2D eigenvalue weighted by Crippen LogP contribution is 2.49. The molecule has 0 nitrogen and oxygen atoms in total. The van der Waals surface area contributed by atoms with Crippen LogP contribution < -0.4 is 0 Å². The summed E-state index contributed by atoms with van der Waals surface area (Å²) < 4.78 is 1.32. The Balaban J connectivity index is 1.32. The van der Waals surface area contributed by atoms with Gasteiger partial charge in [-0.25, -0.2) is 0 Å². The summed E-state index contributed by atoms with van der Waals surface area (Å²) in [5, 5.41) is 13.9. The highest BCUT2D eigenvalue weighted by atomic mass is 32.1. The van der Waals surface area contributed by atoms with Gasteiger partial charge in [0.1, 0.15) is 0 Å². The lowest BCUT2D eigenvalue weighted by atomic mass is 9.82. The third kappa shape index (κ3) is 4.37. The van der Waals surface area contributed by atoms with Gasteiger partial charge in [-0.2, -0.15) is 0 Å². The Kier molecular flexibility index (Phi) is 6.47. The van der Waals surface area contributed by atoms with Crippen LogP contribution in [0.2, 0.25) is 0 Å². The van der Waals surface area contributed by atoms with Crippen molar-refractivity contribution in [1.29, 1.82) is 0 Å². The van der Waals surface area contributed by atoms with Crippen LogP contribution in [0.3, 0.4) is 0 Å². The zero-order chi connectivity index (χ0) is 32.3. The average Bonchev–Trinajstić information content (AvgIpc) is 3.60. The van der Waals surface area contributed by atoms with Crippen LogP contribution in [0.1, 0.15) is 0 Å². The van der Waals surface area contributed by atoms with Crippen LogP contribution in [-0.2, 0) is 0 Å². The number of fused-ring (bicyclic) bond motifs is 6. The molecule has 9 aromatic carbocycles. The maximum atomic E-state index is 2.45. The lowest BCUT2D eigenvalue weighted by Crippen LogP contribution is -1.93. The Bertz CT molecular complexity index is 2800. The molecule has 228 valence electrons. The van der Waals surface area contributed by atoms with E-state index in [1.165, 1.54) is 97.7 Å². The van der Waals surface area contributed by atoms with Crippen molar-refractivity contribution in [3.05, 3.63) is 181 Å². The maximum Gasteiger partial charge on any atom is 0.0349 e. The minimum atomic E-state index is 1.23. The molecule has 1 aromatic heterocycles. The van der Waals surface area contributed by atoms with E-state index in [4.69, 9.17) is 0 Å². The molecule has 0 N–H and O–H groups in total. The van der Waals surface area contributed by atoms with Crippen LogP contribution in [0.5, 0.6) is 0 Å². The van der Waals surface area contributed by atoms with Crippen LogP contribution in [-0.4, -0.2) is 0 Å². The molecule has 0 amide bonds. The molecule has 0 saturated carbocycles. The Labute approximate surface area is 289 Å². The standard InChI is InChI=1S/C48H30S/c1-3-15-31(16-4-1)46-36-21-8-7-19-34(36)42-29-33(27-28-41(42)47(46)32-17-5-2-6-18-32)45-37-22-9-11-24-39(37)48(40-25-12-10-23-38(40)45)43-30-49-44-26-14-13-20-35(43)44/h1-30H. The number of benzene rings is 9. The van der Waals surface area contributed by atoms with Crippen molar-refractivity contribution in [3.8, 4) is 44.5 Å². The van der Waals surface area contributed by atoms with Gasteiger partial charge in [0, 0.05) is 15.6 Å². The molecule has 0 aliphatic rings. The number of hydrogen-bond acceptors (Lipinski definition) is 1. The molecule has 0 radical (unpaired) electrons. The molecule has 0 saturated heterocycles. The third-order valence-electron chi connectivity index (χ3n) is 10.1. The first kappa shape index (κ1) is 28.0. The third-order valence-corrected chi connectivity index (χ3v) is 11.1. The van der Waals surface area contributed by atoms with Gasteiger partial charge >= 0.3 is 0 Å². The summed E-state index contributed by atoms with van der Waals surface area (Å²) in [6, 6.07) is 64.6. The molecule has 0 atom stereocenters. The Morgan fingerprint density at radius 3 is 1.27 bits per heavy atom. The minimum absolute atomic E-state index is 1.23. The van der Waals surface area contributed by atoms with Crippen molar-refractivity contribution in [2.75, 3.05) is 0 Å². The van der Waals surface area contributed by atoms with Gasteiger partial charge in [0.15, 0.2) is 0 Å². The fourth-order valence-corrected chi connectivity index (χ4v) is 9.01. The van der Waals surface area contributed by atoms with E-state index in [2.05, 4.69) is 181 Å². The van der Waals surface area contributed by atoms with Gasteiger partial charge < -0.3 is 0 Å². The predicted molar refractivity (Wildman–Crippen MR) is 214 cm³/mol. The SMILES string of the molecule is c1ccc(-c2c(-c3ccccc3)c3ccc(-c4c5ccccc5c(-c5csc6ccccc56)c5ccccc45)cc3c3ccccc23)cc1. The molecule has 49 heavy (non-hydrogen) atoms. The number of rotatable bonds is 4. The highest BCUT2D eigenvalue weighted by molar-refractivity contribution is 7.17. The first-order chi connectivity index (χ1) is 24.3. The quantitative estimate of drug-likeness (QED) is 0.133. The summed E-state index contributed by atoms with van der Waals surface area (Å²) in [5.74, 6) is 0. The van der Waals surface area contributed by atoms with Gasteiger partial charge in [-0.05, 0) is 99.5 Å². The van der Waals surface area contributed by atoms with E-state index in [0.717, 1.165) is 0 Å². The van der Waals surface area contributed by atoms with E-state index in [1.807, 2.05) is 11.3 Å². The molecule has 0 aliphatic carbocycles. The molecule has 0 fully saturated rings. The van der Waals surface area contributed by atoms with E-state index in [1.54, 1.807) is 0 Å². The van der Waals surface area contributed by atoms with Gasteiger partial charge in [0.05, 0.1) is 0 Å². The average molecular weight is 639 g/mol. The summed E-state index contributed by atoms with van der Waals surface area (Å²) in [6.07, 6.45) is 0. The molecule has 1 heterocycles. The second kappa shape index (κ2) is 11.3. The largest absolute Gasteiger partial charge is 0.143 e. The van der Waals surface area contributed by atoms with E-state index >= 15 is 0 Å². The van der Waals surface area contributed by atoms with Crippen LogP contribution >= 0.6 is 11.3 Å². The summed E-state index contributed by atoms with van der Waals surface area (Å²) in [5.41, 5.74) is 10.2. The summed E-state index contributed by atoms with van der Waals surface area (Å²) >= 11 is 1.83. The van der Waals surface area contributed by atoms with E-state index in [0.29, 0.717) is 0 Å². The van der Waals surface area contributed by atoms with Gasteiger partial charge in [-0.15, -0.1) is 11.3 Å². The topological polar surface area (TPSA) is 0 Å². The summed E-state index contributed by atoms with van der Waals surface area (Å²) in [7, 11) is 0. The van der Waals surface area contributed by atoms with Gasteiger partial charge in [0.25, 0.3) is 0 Å². The first-order valence-electron chi connectivity index (χ1n) is 16.8. The highest BCUT2D eigenvalue weighted by Gasteiger charge is 2.21. The first-order valence-corrected chi connectivity index (χ1v) is 17.7. The van der Waals surface area contributed by atoms with Crippen molar-refractivity contribution in [2.45, 2.75) is 0 Å². The molecule has 0 spiro atoms. The van der Waals surface area contributed by atoms with Crippen molar-refractivity contribution < 1.29 is 0 Å². The summed E-state index contributed by atoms with van der Waals surface area (Å²) in [6.45, 7) is 0. The van der Waals surface area contributed by atoms with E-state index < -0.39 is 0 Å². The zero-order valence-electron chi connectivity index (χ0n) is 26.7. The fourth-order valence-electron chi connectivity index (χ4n) is 8.06. The normalized spacial score (nSPS) is 11.7. The van der Waals surface area contributed by atoms with Crippen molar-refractivity contribution in [1.82, 2.24) is 0 Å². The number of hydrogen-bond donors (Lipinski definition) is 0. The van der Waals surface area contributed by atoms with E-state index in [-0.39, 0.29) is 0 Å². The molecule has 10 rings (SSSR count). The Hall–Kier alpha value is -6.02. The van der Waals surface area contributed by atoms with E-state index in [9.17, 15) is 0 Å². The van der Waals surface area contributed by atoms with Crippen LogP contribution in [0, 0.1) is 0 Å². The smallest absolute Gasteiger partial charge is 0.0349 e. The van der Waals surface area contributed by atoms with Crippen molar-refractivity contribution in [2.24, 2.45) is 0 Å². The van der Waals surface area contributed by atoms with Gasteiger partial charge in [-0.1, -0.05) is 164 Å².